The summed E-state index contributed by atoms with van der Waals surface area (Å²) in [5.41, 5.74) is 14.7. The first-order valence-corrected chi connectivity index (χ1v) is 9.82. The standard InChI is InChI=1S/C23H18N6O4/c24-21(28-30)13-3-1-12(2-4-13)17-7-8-18(32-17)19-9-10-20(33-19)23-26-15-6-5-14(22(25)29-31)11-16(15)27-23/h1-11,30-31H,(H2,24,28)(H2,25,29)(H,26,27). The number of imidazole rings is 1. The van der Waals surface area contributed by atoms with E-state index < -0.39 is 0 Å². The molecule has 0 unspecified atom stereocenters. The number of aromatic amines is 1. The molecule has 0 saturated carbocycles. The average molecular weight is 442 g/mol. The summed E-state index contributed by atoms with van der Waals surface area (Å²) >= 11 is 0. The first-order valence-electron chi connectivity index (χ1n) is 9.82. The quantitative estimate of drug-likeness (QED) is 0.119. The lowest BCUT2D eigenvalue weighted by Crippen LogP contribution is -2.12. The number of oxime groups is 2. The third-order valence-corrected chi connectivity index (χ3v) is 5.15. The molecule has 10 heteroatoms. The third kappa shape index (κ3) is 3.65. The third-order valence-electron chi connectivity index (χ3n) is 5.15. The number of benzene rings is 2. The van der Waals surface area contributed by atoms with Crippen molar-refractivity contribution in [2.75, 3.05) is 0 Å². The second kappa shape index (κ2) is 7.93. The highest BCUT2D eigenvalue weighted by Gasteiger charge is 2.15. The number of hydrogen-bond acceptors (Lipinski definition) is 7. The van der Waals surface area contributed by atoms with Crippen molar-refractivity contribution in [3.63, 3.8) is 0 Å². The summed E-state index contributed by atoms with van der Waals surface area (Å²) in [7, 11) is 0. The van der Waals surface area contributed by atoms with Crippen LogP contribution in [0.15, 0.2) is 85.9 Å². The largest absolute Gasteiger partial charge is 0.453 e. The summed E-state index contributed by atoms with van der Waals surface area (Å²) in [4.78, 5) is 7.72. The number of nitrogens with two attached hydrogens (primary N) is 2. The second-order valence-electron chi connectivity index (χ2n) is 7.19. The summed E-state index contributed by atoms with van der Waals surface area (Å²) in [5.74, 6) is 2.88. The first kappa shape index (κ1) is 19.9. The minimum Gasteiger partial charge on any atom is -0.453 e. The van der Waals surface area contributed by atoms with Crippen LogP contribution >= 0.6 is 0 Å². The van der Waals surface area contributed by atoms with E-state index in [1.165, 1.54) is 0 Å². The lowest BCUT2D eigenvalue weighted by Gasteiger charge is -2.00. The molecule has 0 spiro atoms. The zero-order valence-electron chi connectivity index (χ0n) is 17.1. The fraction of sp³-hybridized carbons (Fsp3) is 0. The van der Waals surface area contributed by atoms with Crippen molar-refractivity contribution in [1.82, 2.24) is 9.97 Å². The Morgan fingerprint density at radius 3 is 2.00 bits per heavy atom. The highest BCUT2D eigenvalue weighted by molar-refractivity contribution is 6.00. The summed E-state index contributed by atoms with van der Waals surface area (Å²) in [6, 6.07) is 19.6. The Bertz CT molecular complexity index is 1510. The average Bonchev–Trinajstić information content (AvgIpc) is 3.61. The normalized spacial score (nSPS) is 12.5. The topological polar surface area (TPSA) is 172 Å². The monoisotopic (exact) mass is 442 g/mol. The Morgan fingerprint density at radius 1 is 0.727 bits per heavy atom. The van der Waals surface area contributed by atoms with Gasteiger partial charge in [0.25, 0.3) is 0 Å². The lowest BCUT2D eigenvalue weighted by molar-refractivity contribution is 0.318. The van der Waals surface area contributed by atoms with Gasteiger partial charge in [0.1, 0.15) is 5.76 Å². The molecular weight excluding hydrogens is 424 g/mol. The van der Waals surface area contributed by atoms with Gasteiger partial charge in [0.05, 0.1) is 11.0 Å². The fourth-order valence-electron chi connectivity index (χ4n) is 3.43. The van der Waals surface area contributed by atoms with Crippen LogP contribution in [0.2, 0.25) is 0 Å². The molecule has 7 N–H and O–H groups in total. The fourth-order valence-corrected chi connectivity index (χ4v) is 3.43. The Labute approximate surface area is 186 Å². The van der Waals surface area contributed by atoms with Crippen molar-refractivity contribution in [2.45, 2.75) is 0 Å². The van der Waals surface area contributed by atoms with Crippen LogP contribution in [-0.4, -0.2) is 32.1 Å². The van der Waals surface area contributed by atoms with Crippen molar-refractivity contribution >= 4 is 22.7 Å². The molecule has 0 bridgehead atoms. The predicted octanol–water partition coefficient (Wildman–Crippen LogP) is 3.94. The number of nitrogens with one attached hydrogen (secondary N) is 1. The first-order chi connectivity index (χ1) is 16.1. The molecule has 0 amide bonds. The van der Waals surface area contributed by atoms with Crippen molar-refractivity contribution in [3.8, 4) is 34.4 Å². The molecule has 164 valence electrons. The van der Waals surface area contributed by atoms with E-state index in [0.717, 1.165) is 11.1 Å². The van der Waals surface area contributed by atoms with Gasteiger partial charge in [-0.2, -0.15) is 0 Å². The number of furan rings is 2. The highest BCUT2D eigenvalue weighted by Crippen LogP contribution is 2.32. The van der Waals surface area contributed by atoms with Crippen molar-refractivity contribution in [3.05, 3.63) is 77.9 Å². The Balaban J connectivity index is 1.41. The number of rotatable bonds is 5. The van der Waals surface area contributed by atoms with Crippen molar-refractivity contribution < 1.29 is 19.2 Å². The Morgan fingerprint density at radius 2 is 1.30 bits per heavy atom. The van der Waals surface area contributed by atoms with Crippen LogP contribution in [0.4, 0.5) is 0 Å². The molecule has 0 atom stereocenters. The number of aromatic nitrogens is 2. The molecular formula is C23H18N6O4. The SMILES string of the molecule is N/C(=N\O)c1ccc(-c2ccc(-c3ccc(-c4nc5ccc(/C(N)=N/O)cc5[nH]4)o3)o2)cc1. The predicted molar refractivity (Wildman–Crippen MR) is 122 cm³/mol. The van der Waals surface area contributed by atoms with Gasteiger partial charge in [0.15, 0.2) is 34.8 Å². The molecule has 0 aliphatic heterocycles. The molecule has 3 aromatic heterocycles. The molecule has 33 heavy (non-hydrogen) atoms. The van der Waals surface area contributed by atoms with Crippen LogP contribution in [0, 0.1) is 0 Å². The maximum atomic E-state index is 8.87. The van der Waals surface area contributed by atoms with E-state index >= 15 is 0 Å². The summed E-state index contributed by atoms with van der Waals surface area (Å²) in [6.45, 7) is 0. The van der Waals surface area contributed by atoms with Gasteiger partial charge in [0.2, 0.25) is 0 Å². The van der Waals surface area contributed by atoms with Gasteiger partial charge in [-0.3, -0.25) is 0 Å². The van der Waals surface area contributed by atoms with Crippen LogP contribution in [0.25, 0.3) is 45.5 Å². The van der Waals surface area contributed by atoms with Crippen LogP contribution in [0.3, 0.4) is 0 Å². The number of fused-ring (bicyclic) bond motifs is 1. The van der Waals surface area contributed by atoms with E-state index in [0.29, 0.717) is 45.5 Å². The van der Waals surface area contributed by atoms with Gasteiger partial charge in [-0.05, 0) is 42.5 Å². The van der Waals surface area contributed by atoms with E-state index in [1.54, 1.807) is 42.5 Å². The number of nitrogens with zero attached hydrogens (tertiary/aromatic N) is 3. The number of hydrogen-bond donors (Lipinski definition) is 5. The molecule has 3 heterocycles. The van der Waals surface area contributed by atoms with Crippen LogP contribution in [0.5, 0.6) is 0 Å². The minimum absolute atomic E-state index is 0.0154. The van der Waals surface area contributed by atoms with Crippen LogP contribution in [-0.2, 0) is 0 Å². The zero-order chi connectivity index (χ0) is 22.9. The van der Waals surface area contributed by atoms with Gasteiger partial charge >= 0.3 is 0 Å². The van der Waals surface area contributed by atoms with Gasteiger partial charge < -0.3 is 35.7 Å². The van der Waals surface area contributed by atoms with Gasteiger partial charge in [0, 0.05) is 16.7 Å². The van der Waals surface area contributed by atoms with Crippen LogP contribution in [0.1, 0.15) is 11.1 Å². The van der Waals surface area contributed by atoms with Gasteiger partial charge in [-0.1, -0.05) is 34.6 Å². The smallest absolute Gasteiger partial charge is 0.174 e. The molecule has 0 saturated heterocycles. The molecule has 0 fully saturated rings. The van der Waals surface area contributed by atoms with E-state index in [2.05, 4.69) is 20.3 Å². The van der Waals surface area contributed by atoms with E-state index in [-0.39, 0.29) is 11.7 Å². The maximum absolute atomic E-state index is 8.87. The molecule has 0 aliphatic rings. The van der Waals surface area contributed by atoms with E-state index in [9.17, 15) is 0 Å². The maximum Gasteiger partial charge on any atom is 0.174 e. The highest BCUT2D eigenvalue weighted by atomic mass is 16.4. The lowest BCUT2D eigenvalue weighted by atomic mass is 10.1. The minimum atomic E-state index is 0.0154. The Hall–Kier alpha value is -4.99. The van der Waals surface area contributed by atoms with Crippen LogP contribution < -0.4 is 11.5 Å². The van der Waals surface area contributed by atoms with Gasteiger partial charge in [-0.15, -0.1) is 0 Å². The summed E-state index contributed by atoms with van der Waals surface area (Å²) < 4.78 is 11.9. The van der Waals surface area contributed by atoms with Crippen molar-refractivity contribution in [2.24, 2.45) is 21.8 Å². The number of amidine groups is 2. The summed E-state index contributed by atoms with van der Waals surface area (Å²) in [6.07, 6.45) is 0. The van der Waals surface area contributed by atoms with Crippen molar-refractivity contribution in [1.29, 1.82) is 0 Å². The summed E-state index contributed by atoms with van der Waals surface area (Å²) in [5, 5.41) is 23.7. The molecule has 0 aliphatic carbocycles. The van der Waals surface area contributed by atoms with E-state index in [1.807, 2.05) is 24.3 Å². The molecule has 5 aromatic rings. The van der Waals surface area contributed by atoms with E-state index in [4.69, 9.17) is 30.7 Å². The second-order valence-corrected chi connectivity index (χ2v) is 7.19. The molecule has 2 aromatic carbocycles. The molecule has 10 nitrogen and oxygen atoms in total. The zero-order valence-corrected chi connectivity index (χ0v) is 17.1. The molecule has 5 rings (SSSR count). The Kier molecular flexibility index (Phi) is 4.79. The number of H-pyrrole nitrogens is 1. The molecule has 0 radical (unpaired) electrons. The van der Waals surface area contributed by atoms with Gasteiger partial charge in [-0.25, -0.2) is 4.98 Å².